The van der Waals surface area contributed by atoms with E-state index in [1.165, 1.54) is 19.3 Å². The summed E-state index contributed by atoms with van der Waals surface area (Å²) in [6.07, 6.45) is 4.75. The van der Waals surface area contributed by atoms with Crippen LogP contribution in [-0.2, 0) is 0 Å². The molecule has 1 N–H and O–H groups in total. The van der Waals surface area contributed by atoms with Crippen molar-refractivity contribution in [3.05, 3.63) is 0 Å². The Kier molecular flexibility index (Phi) is 15.0. The average molecular weight is 170 g/mol. The molecule has 0 spiro atoms. The van der Waals surface area contributed by atoms with Gasteiger partial charge in [-0.3, -0.25) is 0 Å². The summed E-state index contributed by atoms with van der Waals surface area (Å²) in [6, 6.07) is 0. The zero-order valence-corrected chi connectivity index (χ0v) is 6.56. The van der Waals surface area contributed by atoms with Crippen LogP contribution in [0.5, 0.6) is 0 Å². The molecule has 0 saturated heterocycles. The van der Waals surface area contributed by atoms with E-state index in [4.69, 9.17) is 5.11 Å². The maximum atomic E-state index is 8.43. The molecular weight excluding hydrogens is 151 g/mol. The molecule has 0 atom stereocenters. The van der Waals surface area contributed by atoms with Crippen molar-refractivity contribution in [2.45, 2.75) is 39.5 Å². The number of rotatable bonds is 5. The molecule has 0 unspecified atom stereocenters. The van der Waals surface area contributed by atoms with E-state index in [0.29, 0.717) is 6.61 Å². The van der Waals surface area contributed by atoms with Gasteiger partial charge in [-0.05, 0) is 12.3 Å². The Balaban J connectivity index is 0. The van der Waals surface area contributed by atoms with Gasteiger partial charge in [0, 0.05) is 6.61 Å². The first-order valence-corrected chi connectivity index (χ1v) is 3.88. The SMILES string of the molecule is CC(C)CCCCCO.[KH]. The molecular formula is C8H19KO. The fourth-order valence-corrected chi connectivity index (χ4v) is 0.841. The van der Waals surface area contributed by atoms with Gasteiger partial charge in [-0.1, -0.05) is 33.1 Å². The van der Waals surface area contributed by atoms with Gasteiger partial charge in [-0.25, -0.2) is 0 Å². The van der Waals surface area contributed by atoms with Crippen LogP contribution >= 0.6 is 0 Å². The van der Waals surface area contributed by atoms with E-state index >= 15 is 0 Å². The van der Waals surface area contributed by atoms with Crippen LogP contribution in [0.4, 0.5) is 0 Å². The van der Waals surface area contributed by atoms with Crippen molar-refractivity contribution in [3.63, 3.8) is 0 Å². The molecule has 0 aliphatic heterocycles. The molecule has 0 rings (SSSR count). The van der Waals surface area contributed by atoms with Crippen molar-refractivity contribution in [2.24, 2.45) is 5.92 Å². The van der Waals surface area contributed by atoms with Crippen LogP contribution in [0.1, 0.15) is 39.5 Å². The molecule has 0 aromatic rings. The van der Waals surface area contributed by atoms with E-state index < -0.39 is 0 Å². The summed E-state index contributed by atoms with van der Waals surface area (Å²) in [5.74, 6) is 0.823. The normalized spacial score (nSPS) is 9.60. The molecule has 0 amide bonds. The number of aliphatic hydroxyl groups is 1. The standard InChI is InChI=1S/C8H18O.K.H/c1-8(2)6-4-3-5-7-9;;/h8-9H,3-7H2,1-2H3;;. The second kappa shape index (κ2) is 10.6. The fourth-order valence-electron chi connectivity index (χ4n) is 0.841. The van der Waals surface area contributed by atoms with Crippen LogP contribution in [0.3, 0.4) is 0 Å². The van der Waals surface area contributed by atoms with Crippen LogP contribution in [0.2, 0.25) is 0 Å². The van der Waals surface area contributed by atoms with E-state index in [1.807, 2.05) is 0 Å². The molecule has 0 radical (unpaired) electrons. The van der Waals surface area contributed by atoms with E-state index in [0.717, 1.165) is 12.3 Å². The summed E-state index contributed by atoms with van der Waals surface area (Å²) in [4.78, 5) is 0. The average Bonchev–Trinajstić information content (AvgIpc) is 1.80. The van der Waals surface area contributed by atoms with E-state index in [-0.39, 0.29) is 51.4 Å². The third kappa shape index (κ3) is 12.3. The summed E-state index contributed by atoms with van der Waals surface area (Å²) in [6.45, 7) is 4.83. The summed E-state index contributed by atoms with van der Waals surface area (Å²) in [5.41, 5.74) is 0. The molecule has 0 aliphatic rings. The number of hydrogen-bond acceptors (Lipinski definition) is 1. The summed E-state index contributed by atoms with van der Waals surface area (Å²) < 4.78 is 0. The van der Waals surface area contributed by atoms with Crippen molar-refractivity contribution in [1.29, 1.82) is 0 Å². The van der Waals surface area contributed by atoms with E-state index in [2.05, 4.69) is 13.8 Å². The third-order valence-electron chi connectivity index (χ3n) is 1.44. The first kappa shape index (κ1) is 14.1. The molecule has 0 aliphatic carbocycles. The molecule has 2 heteroatoms. The topological polar surface area (TPSA) is 20.2 Å². The van der Waals surface area contributed by atoms with Crippen molar-refractivity contribution in [3.8, 4) is 0 Å². The molecule has 0 saturated carbocycles. The Bertz CT molecular complexity index is 55.2. The van der Waals surface area contributed by atoms with Crippen LogP contribution < -0.4 is 0 Å². The predicted octanol–water partition coefficient (Wildman–Crippen LogP) is 1.55. The zero-order chi connectivity index (χ0) is 7.11. The van der Waals surface area contributed by atoms with E-state index in [1.54, 1.807) is 0 Å². The van der Waals surface area contributed by atoms with Gasteiger partial charge in [0.05, 0.1) is 0 Å². The van der Waals surface area contributed by atoms with E-state index in [9.17, 15) is 0 Å². The minimum absolute atomic E-state index is 0. The number of unbranched alkanes of at least 4 members (excludes halogenated alkanes) is 2. The Labute approximate surface area is 107 Å². The van der Waals surface area contributed by atoms with Gasteiger partial charge in [-0.15, -0.1) is 0 Å². The summed E-state index contributed by atoms with van der Waals surface area (Å²) in [5, 5.41) is 8.43. The second-order valence-electron chi connectivity index (χ2n) is 2.97. The van der Waals surface area contributed by atoms with Gasteiger partial charge >= 0.3 is 51.4 Å². The first-order valence-electron chi connectivity index (χ1n) is 3.88. The molecule has 58 valence electrons. The Hall–Kier alpha value is 1.60. The molecule has 10 heavy (non-hydrogen) atoms. The van der Waals surface area contributed by atoms with Gasteiger partial charge in [0.15, 0.2) is 0 Å². The first-order chi connectivity index (χ1) is 4.27. The Morgan fingerprint density at radius 1 is 1.10 bits per heavy atom. The minimum atomic E-state index is 0. The van der Waals surface area contributed by atoms with Gasteiger partial charge in [0.1, 0.15) is 0 Å². The predicted molar refractivity (Wildman–Crippen MR) is 47.5 cm³/mol. The Morgan fingerprint density at radius 3 is 2.10 bits per heavy atom. The maximum absolute atomic E-state index is 8.43. The molecule has 0 bridgehead atoms. The van der Waals surface area contributed by atoms with Gasteiger partial charge in [-0.2, -0.15) is 0 Å². The molecule has 0 heterocycles. The van der Waals surface area contributed by atoms with Gasteiger partial charge < -0.3 is 5.11 Å². The monoisotopic (exact) mass is 170 g/mol. The molecule has 0 fully saturated rings. The van der Waals surface area contributed by atoms with Crippen LogP contribution in [0, 0.1) is 5.92 Å². The third-order valence-corrected chi connectivity index (χ3v) is 1.44. The second-order valence-corrected chi connectivity index (χ2v) is 2.97. The van der Waals surface area contributed by atoms with Gasteiger partial charge in [0.25, 0.3) is 0 Å². The van der Waals surface area contributed by atoms with Crippen molar-refractivity contribution in [2.75, 3.05) is 6.61 Å². The summed E-state index contributed by atoms with van der Waals surface area (Å²) in [7, 11) is 0. The molecule has 0 aromatic carbocycles. The Morgan fingerprint density at radius 2 is 1.70 bits per heavy atom. The van der Waals surface area contributed by atoms with Gasteiger partial charge in [0.2, 0.25) is 0 Å². The molecule has 0 aromatic heterocycles. The van der Waals surface area contributed by atoms with Crippen LogP contribution in [0.25, 0.3) is 0 Å². The quantitative estimate of drug-likeness (QED) is 0.490. The zero-order valence-electron chi connectivity index (χ0n) is 6.56. The van der Waals surface area contributed by atoms with Crippen LogP contribution in [0.15, 0.2) is 0 Å². The van der Waals surface area contributed by atoms with Crippen molar-refractivity contribution < 1.29 is 5.11 Å². The van der Waals surface area contributed by atoms with Crippen molar-refractivity contribution >= 4 is 51.4 Å². The fraction of sp³-hybridized carbons (Fsp3) is 1.00. The molecule has 1 nitrogen and oxygen atoms in total. The van der Waals surface area contributed by atoms with Crippen LogP contribution in [-0.4, -0.2) is 63.1 Å². The summed E-state index contributed by atoms with van der Waals surface area (Å²) >= 11 is 0. The number of aliphatic hydroxyl groups excluding tert-OH is 1. The number of hydrogen-bond donors (Lipinski definition) is 1. The van der Waals surface area contributed by atoms with Crippen molar-refractivity contribution in [1.82, 2.24) is 0 Å².